The Bertz CT molecular complexity index is 614. The SMILES string of the molecule is CC(Nc1cc(C(N)=O)ccc1F)c1ccc(Cl)s1. The quantitative estimate of drug-likeness (QED) is 0.901. The van der Waals surface area contributed by atoms with E-state index in [2.05, 4.69) is 5.32 Å². The molecule has 2 rings (SSSR count). The smallest absolute Gasteiger partial charge is 0.248 e. The van der Waals surface area contributed by atoms with Crippen molar-refractivity contribution < 1.29 is 9.18 Å². The number of carbonyl (C=O) groups excluding carboxylic acids is 1. The number of primary amides is 1. The van der Waals surface area contributed by atoms with Gasteiger partial charge in [-0.15, -0.1) is 11.3 Å². The van der Waals surface area contributed by atoms with E-state index in [1.54, 1.807) is 6.07 Å². The highest BCUT2D eigenvalue weighted by molar-refractivity contribution is 7.16. The maximum Gasteiger partial charge on any atom is 0.248 e. The minimum atomic E-state index is -0.588. The lowest BCUT2D eigenvalue weighted by Gasteiger charge is -2.14. The summed E-state index contributed by atoms with van der Waals surface area (Å²) < 4.78 is 14.4. The van der Waals surface area contributed by atoms with E-state index in [4.69, 9.17) is 17.3 Å². The number of hydrogen-bond acceptors (Lipinski definition) is 3. The van der Waals surface area contributed by atoms with E-state index in [1.165, 1.54) is 29.5 Å². The van der Waals surface area contributed by atoms with Crippen LogP contribution in [0.2, 0.25) is 4.34 Å². The van der Waals surface area contributed by atoms with E-state index in [1.807, 2.05) is 13.0 Å². The monoisotopic (exact) mass is 298 g/mol. The summed E-state index contributed by atoms with van der Waals surface area (Å²) in [6.45, 7) is 1.89. The topological polar surface area (TPSA) is 55.1 Å². The molecule has 1 aromatic carbocycles. The van der Waals surface area contributed by atoms with Gasteiger partial charge >= 0.3 is 0 Å². The van der Waals surface area contributed by atoms with E-state index >= 15 is 0 Å². The zero-order valence-electron chi connectivity index (χ0n) is 10.1. The number of hydrogen-bond donors (Lipinski definition) is 2. The Balaban J connectivity index is 2.22. The Morgan fingerprint density at radius 3 is 2.74 bits per heavy atom. The average molecular weight is 299 g/mol. The summed E-state index contributed by atoms with van der Waals surface area (Å²) in [5.74, 6) is -1.02. The van der Waals surface area contributed by atoms with Gasteiger partial charge in [0.25, 0.3) is 0 Å². The van der Waals surface area contributed by atoms with Crippen LogP contribution in [0.1, 0.15) is 28.2 Å². The van der Waals surface area contributed by atoms with Gasteiger partial charge in [-0.2, -0.15) is 0 Å². The third kappa shape index (κ3) is 3.24. The zero-order chi connectivity index (χ0) is 14.0. The summed E-state index contributed by atoms with van der Waals surface area (Å²) in [7, 11) is 0. The lowest BCUT2D eigenvalue weighted by molar-refractivity contribution is 0.100. The van der Waals surface area contributed by atoms with Gasteiger partial charge in [-0.05, 0) is 37.3 Å². The fourth-order valence-electron chi connectivity index (χ4n) is 1.65. The molecule has 0 bridgehead atoms. The van der Waals surface area contributed by atoms with E-state index in [0.29, 0.717) is 4.34 Å². The van der Waals surface area contributed by atoms with Gasteiger partial charge in [0.1, 0.15) is 5.82 Å². The molecule has 6 heteroatoms. The van der Waals surface area contributed by atoms with E-state index in [-0.39, 0.29) is 17.3 Å². The Kier molecular flexibility index (Phi) is 4.07. The van der Waals surface area contributed by atoms with Crippen molar-refractivity contribution in [3.05, 3.63) is 50.9 Å². The molecule has 1 atom stereocenters. The second kappa shape index (κ2) is 5.59. The van der Waals surface area contributed by atoms with E-state index in [0.717, 1.165) is 4.88 Å². The first kappa shape index (κ1) is 13.8. The molecule has 3 nitrogen and oxygen atoms in total. The maximum absolute atomic E-state index is 13.7. The molecule has 0 fully saturated rings. The number of carbonyl (C=O) groups is 1. The van der Waals surface area contributed by atoms with Crippen LogP contribution in [-0.4, -0.2) is 5.91 Å². The van der Waals surface area contributed by atoms with Crippen LogP contribution in [0.3, 0.4) is 0 Å². The molecular weight excluding hydrogens is 287 g/mol. The predicted molar refractivity (Wildman–Crippen MR) is 76.3 cm³/mol. The summed E-state index contributed by atoms with van der Waals surface area (Å²) in [5.41, 5.74) is 5.68. The molecule has 0 saturated heterocycles. The van der Waals surface area contributed by atoms with Crippen molar-refractivity contribution >= 4 is 34.5 Å². The number of benzene rings is 1. The second-order valence-corrected chi connectivity index (χ2v) is 5.81. The fourth-order valence-corrected chi connectivity index (χ4v) is 2.72. The van der Waals surface area contributed by atoms with Gasteiger partial charge in [-0.3, -0.25) is 4.79 Å². The highest BCUT2D eigenvalue weighted by Gasteiger charge is 2.12. The van der Waals surface area contributed by atoms with Gasteiger partial charge in [0, 0.05) is 10.4 Å². The van der Waals surface area contributed by atoms with Crippen LogP contribution in [-0.2, 0) is 0 Å². The van der Waals surface area contributed by atoms with Crippen LogP contribution in [0.4, 0.5) is 10.1 Å². The second-order valence-electron chi connectivity index (χ2n) is 4.07. The molecule has 100 valence electrons. The van der Waals surface area contributed by atoms with E-state index in [9.17, 15) is 9.18 Å². The van der Waals surface area contributed by atoms with Crippen molar-refractivity contribution in [1.82, 2.24) is 0 Å². The maximum atomic E-state index is 13.7. The highest BCUT2D eigenvalue weighted by Crippen LogP contribution is 2.29. The Morgan fingerprint density at radius 1 is 1.42 bits per heavy atom. The van der Waals surface area contributed by atoms with Crippen molar-refractivity contribution in [3.8, 4) is 0 Å². The standard InChI is InChI=1S/C13H12ClFN2OS/c1-7(11-4-5-12(14)19-11)17-10-6-8(13(16)18)2-3-9(10)15/h2-7,17H,1H3,(H2,16,18). The van der Waals surface area contributed by atoms with Gasteiger partial charge in [-0.1, -0.05) is 11.6 Å². The first-order valence-electron chi connectivity index (χ1n) is 5.58. The predicted octanol–water partition coefficient (Wildman–Crippen LogP) is 3.81. The number of anilines is 1. The molecule has 0 radical (unpaired) electrons. The number of thiophene rings is 1. The summed E-state index contributed by atoms with van der Waals surface area (Å²) in [4.78, 5) is 12.1. The van der Waals surface area contributed by atoms with Crippen LogP contribution in [0.5, 0.6) is 0 Å². The number of amides is 1. The molecule has 3 N–H and O–H groups in total. The number of halogens is 2. The van der Waals surface area contributed by atoms with Crippen molar-refractivity contribution in [2.75, 3.05) is 5.32 Å². The molecule has 2 aromatic rings. The van der Waals surface area contributed by atoms with Crippen LogP contribution >= 0.6 is 22.9 Å². The van der Waals surface area contributed by atoms with Crippen LogP contribution in [0.15, 0.2) is 30.3 Å². The van der Waals surface area contributed by atoms with Crippen molar-refractivity contribution in [1.29, 1.82) is 0 Å². The minimum Gasteiger partial charge on any atom is -0.375 e. The van der Waals surface area contributed by atoms with Crippen molar-refractivity contribution in [2.24, 2.45) is 5.73 Å². The molecule has 1 aromatic heterocycles. The molecule has 0 aliphatic rings. The molecule has 0 aliphatic carbocycles. The van der Waals surface area contributed by atoms with Crippen LogP contribution < -0.4 is 11.1 Å². The summed E-state index contributed by atoms with van der Waals surface area (Å²) >= 11 is 7.28. The lowest BCUT2D eigenvalue weighted by atomic mass is 10.1. The van der Waals surface area contributed by atoms with Crippen LogP contribution in [0, 0.1) is 5.82 Å². The average Bonchev–Trinajstić information content (AvgIpc) is 2.78. The highest BCUT2D eigenvalue weighted by atomic mass is 35.5. The first-order valence-corrected chi connectivity index (χ1v) is 6.78. The molecular formula is C13H12ClFN2OS. The molecule has 1 unspecified atom stereocenters. The summed E-state index contributed by atoms with van der Waals surface area (Å²) in [6, 6.07) is 7.53. The van der Waals surface area contributed by atoms with Crippen molar-refractivity contribution in [2.45, 2.75) is 13.0 Å². The summed E-state index contributed by atoms with van der Waals surface area (Å²) in [6.07, 6.45) is 0. The van der Waals surface area contributed by atoms with E-state index < -0.39 is 11.7 Å². The van der Waals surface area contributed by atoms with Gasteiger partial charge in [0.2, 0.25) is 5.91 Å². The molecule has 0 aliphatic heterocycles. The van der Waals surface area contributed by atoms with Crippen LogP contribution in [0.25, 0.3) is 0 Å². The minimum absolute atomic E-state index is 0.116. The molecule has 19 heavy (non-hydrogen) atoms. The fraction of sp³-hybridized carbons (Fsp3) is 0.154. The first-order chi connectivity index (χ1) is 8.97. The molecule has 1 heterocycles. The zero-order valence-corrected chi connectivity index (χ0v) is 11.7. The Morgan fingerprint density at radius 2 is 2.16 bits per heavy atom. The Hall–Kier alpha value is -1.59. The lowest BCUT2D eigenvalue weighted by Crippen LogP contribution is -2.13. The Labute approximate surface area is 119 Å². The molecule has 1 amide bonds. The van der Waals surface area contributed by atoms with Gasteiger partial charge in [0.05, 0.1) is 16.1 Å². The van der Waals surface area contributed by atoms with Gasteiger partial charge < -0.3 is 11.1 Å². The van der Waals surface area contributed by atoms with Gasteiger partial charge in [0.15, 0.2) is 0 Å². The number of rotatable bonds is 4. The summed E-state index contributed by atoms with van der Waals surface area (Å²) in [5, 5.41) is 3.00. The largest absolute Gasteiger partial charge is 0.375 e. The number of nitrogens with one attached hydrogen (secondary N) is 1. The third-order valence-corrected chi connectivity index (χ3v) is 4.06. The normalized spacial score (nSPS) is 12.2. The third-order valence-electron chi connectivity index (χ3n) is 2.64. The number of nitrogens with two attached hydrogens (primary N) is 1. The molecule has 0 saturated carbocycles. The molecule has 0 spiro atoms. The van der Waals surface area contributed by atoms with Crippen molar-refractivity contribution in [3.63, 3.8) is 0 Å². The van der Waals surface area contributed by atoms with Gasteiger partial charge in [-0.25, -0.2) is 4.39 Å².